The van der Waals surface area contributed by atoms with Crippen molar-refractivity contribution in [2.24, 2.45) is 5.92 Å². The number of carbonyl (C=O) groups excluding carboxylic acids is 2. The molecule has 0 saturated carbocycles. The SMILES string of the molecule is COC(=O)CC[C@@H]1CCN(C(=O)OC(C)(C)C)C[C@H]1F. The largest absolute Gasteiger partial charge is 0.469 e. The van der Waals surface area contributed by atoms with E-state index in [1.807, 2.05) is 0 Å². The van der Waals surface area contributed by atoms with E-state index >= 15 is 0 Å². The van der Waals surface area contributed by atoms with Crippen molar-refractivity contribution < 1.29 is 23.5 Å². The zero-order valence-electron chi connectivity index (χ0n) is 12.6. The Morgan fingerprint density at radius 1 is 1.35 bits per heavy atom. The first kappa shape index (κ1) is 16.7. The third kappa shape index (κ3) is 5.35. The molecular weight excluding hydrogens is 265 g/mol. The van der Waals surface area contributed by atoms with Crippen LogP contribution in [0.25, 0.3) is 0 Å². The summed E-state index contributed by atoms with van der Waals surface area (Å²) >= 11 is 0. The van der Waals surface area contributed by atoms with Gasteiger partial charge in [0.05, 0.1) is 13.7 Å². The topological polar surface area (TPSA) is 55.8 Å². The predicted octanol–water partition coefficient (Wildman–Crippen LogP) is 2.53. The Morgan fingerprint density at radius 3 is 2.50 bits per heavy atom. The molecule has 0 spiro atoms. The van der Waals surface area contributed by atoms with Crippen molar-refractivity contribution in [3.8, 4) is 0 Å². The average Bonchev–Trinajstić information content (AvgIpc) is 2.34. The van der Waals surface area contributed by atoms with Crippen LogP contribution in [0.5, 0.6) is 0 Å². The molecule has 0 aromatic rings. The number of alkyl halides is 1. The number of rotatable bonds is 3. The molecule has 1 aliphatic heterocycles. The number of methoxy groups -OCH3 is 1. The summed E-state index contributed by atoms with van der Waals surface area (Å²) in [6.45, 7) is 5.82. The normalized spacial score (nSPS) is 23.4. The van der Waals surface area contributed by atoms with Gasteiger partial charge in [0.15, 0.2) is 0 Å². The zero-order valence-corrected chi connectivity index (χ0v) is 12.6. The lowest BCUT2D eigenvalue weighted by atomic mass is 9.91. The molecular formula is C14H24FNO4. The number of ether oxygens (including phenoxy) is 2. The van der Waals surface area contributed by atoms with E-state index in [9.17, 15) is 14.0 Å². The van der Waals surface area contributed by atoms with E-state index in [-0.39, 0.29) is 24.9 Å². The number of likely N-dealkylation sites (tertiary alicyclic amines) is 1. The van der Waals surface area contributed by atoms with Crippen molar-refractivity contribution in [2.75, 3.05) is 20.2 Å². The van der Waals surface area contributed by atoms with Gasteiger partial charge in [-0.15, -0.1) is 0 Å². The van der Waals surface area contributed by atoms with Crippen molar-refractivity contribution in [1.29, 1.82) is 0 Å². The molecule has 0 unspecified atom stereocenters. The van der Waals surface area contributed by atoms with E-state index < -0.39 is 17.9 Å². The Bertz CT molecular complexity index is 354. The van der Waals surface area contributed by atoms with Gasteiger partial charge >= 0.3 is 12.1 Å². The highest BCUT2D eigenvalue weighted by atomic mass is 19.1. The number of piperidine rings is 1. The maximum atomic E-state index is 14.0. The second-order valence-electron chi connectivity index (χ2n) is 6.11. The highest BCUT2D eigenvalue weighted by Crippen LogP contribution is 2.26. The van der Waals surface area contributed by atoms with Crippen molar-refractivity contribution >= 4 is 12.1 Å². The standard InChI is InChI=1S/C14H24FNO4/c1-14(2,3)20-13(18)16-8-7-10(11(15)9-16)5-6-12(17)19-4/h10-11H,5-9H2,1-4H3/t10-,11-/m1/s1. The number of amides is 1. The van der Waals surface area contributed by atoms with Gasteiger partial charge in [-0.2, -0.15) is 0 Å². The van der Waals surface area contributed by atoms with Crippen LogP contribution >= 0.6 is 0 Å². The third-order valence-corrected chi connectivity index (χ3v) is 3.27. The lowest BCUT2D eigenvalue weighted by Crippen LogP contribution is -2.46. The lowest BCUT2D eigenvalue weighted by Gasteiger charge is -2.35. The molecule has 1 aliphatic rings. The Balaban J connectivity index is 2.43. The van der Waals surface area contributed by atoms with Crippen LogP contribution in [0.1, 0.15) is 40.0 Å². The number of esters is 1. The van der Waals surface area contributed by atoms with Crippen LogP contribution in [-0.2, 0) is 14.3 Å². The average molecular weight is 289 g/mol. The van der Waals surface area contributed by atoms with Crippen molar-refractivity contribution in [1.82, 2.24) is 4.90 Å². The molecule has 20 heavy (non-hydrogen) atoms. The lowest BCUT2D eigenvalue weighted by molar-refractivity contribution is -0.141. The van der Waals surface area contributed by atoms with Crippen LogP contribution in [-0.4, -0.2) is 48.9 Å². The smallest absolute Gasteiger partial charge is 0.410 e. The highest BCUT2D eigenvalue weighted by Gasteiger charge is 2.33. The second kappa shape index (κ2) is 6.90. The molecule has 5 nitrogen and oxygen atoms in total. The fourth-order valence-corrected chi connectivity index (χ4v) is 2.18. The number of halogens is 1. The molecule has 6 heteroatoms. The predicted molar refractivity (Wildman–Crippen MR) is 72.1 cm³/mol. The second-order valence-corrected chi connectivity index (χ2v) is 6.11. The third-order valence-electron chi connectivity index (χ3n) is 3.27. The summed E-state index contributed by atoms with van der Waals surface area (Å²) < 4.78 is 23.8. The van der Waals surface area contributed by atoms with Crippen LogP contribution in [0.4, 0.5) is 9.18 Å². The maximum Gasteiger partial charge on any atom is 0.410 e. The van der Waals surface area contributed by atoms with Crippen molar-refractivity contribution in [3.63, 3.8) is 0 Å². The van der Waals surface area contributed by atoms with Crippen molar-refractivity contribution in [2.45, 2.75) is 51.8 Å². The molecule has 2 atom stereocenters. The van der Waals surface area contributed by atoms with Gasteiger partial charge in [0.25, 0.3) is 0 Å². The summed E-state index contributed by atoms with van der Waals surface area (Å²) in [7, 11) is 1.32. The summed E-state index contributed by atoms with van der Waals surface area (Å²) in [5, 5.41) is 0. The van der Waals surface area contributed by atoms with E-state index in [0.29, 0.717) is 19.4 Å². The quantitative estimate of drug-likeness (QED) is 0.749. The van der Waals surface area contributed by atoms with Crippen molar-refractivity contribution in [3.05, 3.63) is 0 Å². The van der Waals surface area contributed by atoms with Gasteiger partial charge in [-0.1, -0.05) is 0 Å². The van der Waals surface area contributed by atoms with Gasteiger partial charge < -0.3 is 14.4 Å². The monoisotopic (exact) mass is 289 g/mol. The first-order valence-corrected chi connectivity index (χ1v) is 6.91. The van der Waals surface area contributed by atoms with E-state index in [4.69, 9.17) is 4.74 Å². The summed E-state index contributed by atoms with van der Waals surface area (Å²) in [6, 6.07) is 0. The molecule has 1 heterocycles. The zero-order chi connectivity index (χ0) is 15.3. The molecule has 0 bridgehead atoms. The van der Waals surface area contributed by atoms with E-state index in [1.54, 1.807) is 20.8 Å². The van der Waals surface area contributed by atoms with Crippen LogP contribution in [0.2, 0.25) is 0 Å². The maximum absolute atomic E-state index is 14.0. The Morgan fingerprint density at radius 2 is 2.00 bits per heavy atom. The Labute approximate surface area is 119 Å². The molecule has 1 amide bonds. The minimum Gasteiger partial charge on any atom is -0.469 e. The molecule has 0 aromatic carbocycles. The molecule has 0 radical (unpaired) electrons. The van der Waals surface area contributed by atoms with Crippen LogP contribution in [0.3, 0.4) is 0 Å². The fourth-order valence-electron chi connectivity index (χ4n) is 2.18. The fraction of sp³-hybridized carbons (Fsp3) is 0.857. The minimum absolute atomic E-state index is 0.0285. The summed E-state index contributed by atoms with van der Waals surface area (Å²) in [6.07, 6.45) is -0.394. The Kier molecular flexibility index (Phi) is 5.77. The summed E-state index contributed by atoms with van der Waals surface area (Å²) in [5.74, 6) is -0.528. The number of hydrogen-bond donors (Lipinski definition) is 0. The number of hydrogen-bond acceptors (Lipinski definition) is 4. The van der Waals surface area contributed by atoms with E-state index in [0.717, 1.165) is 0 Å². The van der Waals surface area contributed by atoms with E-state index in [1.165, 1.54) is 12.0 Å². The molecule has 0 aromatic heterocycles. The van der Waals surface area contributed by atoms with Gasteiger partial charge in [-0.05, 0) is 39.5 Å². The first-order valence-electron chi connectivity index (χ1n) is 6.91. The molecule has 1 rings (SSSR count). The summed E-state index contributed by atoms with van der Waals surface area (Å²) in [5.41, 5.74) is -0.579. The van der Waals surface area contributed by atoms with Crippen LogP contribution < -0.4 is 0 Å². The molecule has 0 aliphatic carbocycles. The highest BCUT2D eigenvalue weighted by molar-refractivity contribution is 5.69. The summed E-state index contributed by atoms with van der Waals surface area (Å²) in [4.78, 5) is 24.3. The number of nitrogens with zero attached hydrogens (tertiary/aromatic N) is 1. The van der Waals surface area contributed by atoms with Crippen LogP contribution in [0, 0.1) is 5.92 Å². The number of carbonyl (C=O) groups is 2. The molecule has 1 saturated heterocycles. The van der Waals surface area contributed by atoms with Gasteiger partial charge in [-0.3, -0.25) is 4.79 Å². The molecule has 1 fully saturated rings. The van der Waals surface area contributed by atoms with Crippen LogP contribution in [0.15, 0.2) is 0 Å². The van der Waals surface area contributed by atoms with Gasteiger partial charge in [0.1, 0.15) is 11.8 Å². The van der Waals surface area contributed by atoms with Gasteiger partial charge in [0.2, 0.25) is 0 Å². The minimum atomic E-state index is -1.12. The van der Waals surface area contributed by atoms with Gasteiger partial charge in [0, 0.05) is 13.0 Å². The Hall–Kier alpha value is -1.33. The van der Waals surface area contributed by atoms with E-state index in [2.05, 4.69) is 4.74 Å². The first-order chi connectivity index (χ1) is 9.23. The molecule has 116 valence electrons. The molecule has 0 N–H and O–H groups in total. The van der Waals surface area contributed by atoms with Gasteiger partial charge in [-0.25, -0.2) is 9.18 Å².